The molecule has 4 aliphatic rings. The zero-order valence-electron chi connectivity index (χ0n) is 20.3. The van der Waals surface area contributed by atoms with E-state index in [0.29, 0.717) is 50.1 Å². The molecule has 4 rings (SSSR count). The zero-order valence-corrected chi connectivity index (χ0v) is 20.3. The Morgan fingerprint density at radius 3 is 2.36 bits per heavy atom. The number of allylic oxidation sites excluding steroid dienone is 3. The number of aliphatic hydroxyl groups excluding tert-OH is 2. The van der Waals surface area contributed by atoms with Gasteiger partial charge in [-0.05, 0) is 100 Å². The SMILES string of the molecule is CC(CN1CCC(C(F)(F)F)CC1)[C@H]1CC[C@H]2C(=C/C=C3/C[C@@H](O)C[C@@H](O)C3)CCC[C@]12C. The molecule has 4 fully saturated rings. The van der Waals surface area contributed by atoms with E-state index >= 15 is 0 Å². The van der Waals surface area contributed by atoms with Gasteiger partial charge in [-0.25, -0.2) is 0 Å². The monoisotopic (exact) mass is 469 g/mol. The van der Waals surface area contributed by atoms with Gasteiger partial charge in [0.15, 0.2) is 0 Å². The molecular formula is C27H42F3NO2. The molecule has 1 unspecified atom stereocenters. The minimum Gasteiger partial charge on any atom is -0.393 e. The van der Waals surface area contributed by atoms with Crippen LogP contribution >= 0.6 is 0 Å². The summed E-state index contributed by atoms with van der Waals surface area (Å²) in [6.07, 6.45) is 7.75. The van der Waals surface area contributed by atoms with E-state index in [0.717, 1.165) is 18.5 Å². The third-order valence-corrected chi connectivity index (χ3v) is 9.39. The first kappa shape index (κ1) is 25.2. The summed E-state index contributed by atoms with van der Waals surface area (Å²) in [4.78, 5) is 2.27. The molecule has 1 saturated heterocycles. The average Bonchev–Trinajstić information content (AvgIpc) is 3.09. The molecule has 3 saturated carbocycles. The number of likely N-dealkylation sites (tertiary alicyclic amines) is 1. The number of halogens is 3. The molecule has 6 atom stereocenters. The number of rotatable bonds is 4. The summed E-state index contributed by atoms with van der Waals surface area (Å²) in [5.74, 6) is 0.551. The molecule has 1 heterocycles. The van der Waals surface area contributed by atoms with Crippen molar-refractivity contribution in [2.24, 2.45) is 29.1 Å². The molecule has 0 aromatic carbocycles. The van der Waals surface area contributed by atoms with Crippen molar-refractivity contribution in [2.75, 3.05) is 19.6 Å². The van der Waals surface area contributed by atoms with Crippen molar-refractivity contribution in [3.8, 4) is 0 Å². The van der Waals surface area contributed by atoms with Crippen molar-refractivity contribution >= 4 is 0 Å². The van der Waals surface area contributed by atoms with Crippen LogP contribution in [0, 0.1) is 29.1 Å². The Bertz CT molecular complexity index is 728. The fourth-order valence-electron chi connectivity index (χ4n) is 7.72. The van der Waals surface area contributed by atoms with Gasteiger partial charge in [-0.15, -0.1) is 0 Å². The van der Waals surface area contributed by atoms with Crippen LogP contribution in [0.15, 0.2) is 23.3 Å². The van der Waals surface area contributed by atoms with Crippen LogP contribution in [-0.4, -0.2) is 53.1 Å². The van der Waals surface area contributed by atoms with Gasteiger partial charge in [0.2, 0.25) is 0 Å². The number of fused-ring (bicyclic) bond motifs is 1. The minimum atomic E-state index is -4.04. The molecular weight excluding hydrogens is 427 g/mol. The van der Waals surface area contributed by atoms with Crippen LogP contribution in [0.2, 0.25) is 0 Å². The molecule has 33 heavy (non-hydrogen) atoms. The molecule has 1 aliphatic heterocycles. The lowest BCUT2D eigenvalue weighted by Crippen LogP contribution is -2.44. The largest absolute Gasteiger partial charge is 0.393 e. The molecule has 0 spiro atoms. The van der Waals surface area contributed by atoms with E-state index < -0.39 is 24.3 Å². The first-order valence-electron chi connectivity index (χ1n) is 13.1. The predicted octanol–water partition coefficient (Wildman–Crippen LogP) is 5.87. The average molecular weight is 470 g/mol. The fraction of sp³-hybridized carbons (Fsp3) is 0.852. The minimum absolute atomic E-state index is 0.242. The number of nitrogens with zero attached hydrogens (tertiary/aromatic N) is 1. The number of aliphatic hydroxyl groups is 2. The van der Waals surface area contributed by atoms with Crippen molar-refractivity contribution in [1.82, 2.24) is 4.90 Å². The van der Waals surface area contributed by atoms with Crippen LogP contribution in [0.3, 0.4) is 0 Å². The van der Waals surface area contributed by atoms with Gasteiger partial charge in [-0.1, -0.05) is 37.1 Å². The third-order valence-electron chi connectivity index (χ3n) is 9.39. The Morgan fingerprint density at radius 2 is 1.73 bits per heavy atom. The summed E-state index contributed by atoms with van der Waals surface area (Å²) in [7, 11) is 0. The fourth-order valence-corrected chi connectivity index (χ4v) is 7.72. The highest BCUT2D eigenvalue weighted by atomic mass is 19.4. The van der Waals surface area contributed by atoms with E-state index in [2.05, 4.69) is 30.9 Å². The van der Waals surface area contributed by atoms with Gasteiger partial charge >= 0.3 is 6.18 Å². The van der Waals surface area contributed by atoms with Crippen LogP contribution in [0.1, 0.15) is 78.1 Å². The lowest BCUT2D eigenvalue weighted by Gasteiger charge is -2.45. The summed E-state index contributed by atoms with van der Waals surface area (Å²) < 4.78 is 39.0. The normalized spacial score (nSPS) is 40.3. The highest BCUT2D eigenvalue weighted by molar-refractivity contribution is 5.26. The predicted molar refractivity (Wildman–Crippen MR) is 125 cm³/mol. The summed E-state index contributed by atoms with van der Waals surface area (Å²) >= 11 is 0. The van der Waals surface area contributed by atoms with Gasteiger partial charge in [0, 0.05) is 6.54 Å². The van der Waals surface area contributed by atoms with E-state index in [1.165, 1.54) is 31.3 Å². The summed E-state index contributed by atoms with van der Waals surface area (Å²) in [5, 5.41) is 20.0. The molecule has 3 aliphatic carbocycles. The van der Waals surface area contributed by atoms with Gasteiger partial charge in [0.25, 0.3) is 0 Å². The van der Waals surface area contributed by atoms with E-state index in [1.54, 1.807) is 0 Å². The molecule has 2 N–H and O–H groups in total. The van der Waals surface area contributed by atoms with Crippen molar-refractivity contribution in [3.63, 3.8) is 0 Å². The van der Waals surface area contributed by atoms with Gasteiger partial charge < -0.3 is 15.1 Å². The molecule has 6 heteroatoms. The maximum Gasteiger partial charge on any atom is 0.391 e. The maximum atomic E-state index is 13.0. The summed E-state index contributed by atoms with van der Waals surface area (Å²) in [6.45, 7) is 6.82. The Balaban J connectivity index is 1.38. The number of piperidine rings is 1. The summed E-state index contributed by atoms with van der Waals surface area (Å²) in [6, 6.07) is 0. The lowest BCUT2D eigenvalue weighted by atomic mass is 9.61. The van der Waals surface area contributed by atoms with Crippen molar-refractivity contribution in [3.05, 3.63) is 23.3 Å². The van der Waals surface area contributed by atoms with E-state index in [1.807, 2.05) is 0 Å². The van der Waals surface area contributed by atoms with Crippen LogP contribution < -0.4 is 0 Å². The van der Waals surface area contributed by atoms with Crippen LogP contribution in [-0.2, 0) is 0 Å². The second-order valence-corrected chi connectivity index (χ2v) is 11.7. The molecule has 0 bridgehead atoms. The van der Waals surface area contributed by atoms with Crippen molar-refractivity contribution in [1.29, 1.82) is 0 Å². The van der Waals surface area contributed by atoms with Crippen LogP contribution in [0.25, 0.3) is 0 Å². The summed E-state index contributed by atoms with van der Waals surface area (Å²) in [5.41, 5.74) is 2.93. The Morgan fingerprint density at radius 1 is 1.06 bits per heavy atom. The second kappa shape index (κ2) is 10.0. The van der Waals surface area contributed by atoms with Gasteiger partial charge in [0.05, 0.1) is 18.1 Å². The highest BCUT2D eigenvalue weighted by Gasteiger charge is 2.51. The quantitative estimate of drug-likeness (QED) is 0.541. The van der Waals surface area contributed by atoms with Crippen molar-refractivity contribution in [2.45, 2.75) is 96.4 Å². The Hall–Kier alpha value is -0.850. The van der Waals surface area contributed by atoms with Crippen molar-refractivity contribution < 1.29 is 23.4 Å². The first-order valence-corrected chi connectivity index (χ1v) is 13.1. The van der Waals surface area contributed by atoms with E-state index in [-0.39, 0.29) is 18.3 Å². The molecule has 0 radical (unpaired) electrons. The highest BCUT2D eigenvalue weighted by Crippen LogP contribution is 2.59. The Labute approximate surface area is 197 Å². The molecule has 188 valence electrons. The molecule has 0 aromatic rings. The third kappa shape index (κ3) is 5.70. The van der Waals surface area contributed by atoms with E-state index in [9.17, 15) is 23.4 Å². The second-order valence-electron chi connectivity index (χ2n) is 11.7. The Kier molecular flexibility index (Phi) is 7.67. The maximum absolute atomic E-state index is 13.0. The van der Waals surface area contributed by atoms with Gasteiger partial charge in [-0.2, -0.15) is 13.2 Å². The van der Waals surface area contributed by atoms with Crippen LogP contribution in [0.4, 0.5) is 13.2 Å². The number of alkyl halides is 3. The lowest BCUT2D eigenvalue weighted by molar-refractivity contribution is -0.185. The van der Waals surface area contributed by atoms with E-state index in [4.69, 9.17) is 0 Å². The smallest absolute Gasteiger partial charge is 0.391 e. The molecule has 0 aromatic heterocycles. The number of hydrogen-bond acceptors (Lipinski definition) is 3. The van der Waals surface area contributed by atoms with Crippen LogP contribution in [0.5, 0.6) is 0 Å². The first-order chi connectivity index (χ1) is 15.6. The number of hydrogen-bond donors (Lipinski definition) is 2. The van der Waals surface area contributed by atoms with Gasteiger partial charge in [-0.3, -0.25) is 0 Å². The molecule has 3 nitrogen and oxygen atoms in total. The van der Waals surface area contributed by atoms with Gasteiger partial charge in [0.1, 0.15) is 0 Å². The molecule has 0 amide bonds. The topological polar surface area (TPSA) is 43.7 Å². The zero-order chi connectivity index (χ0) is 23.8. The standard InChI is InChI=1S/C27H42F3NO2/c1-18(17-31-12-9-21(10-13-31)27(28,29)30)24-7-8-25-20(4-3-11-26(24,25)2)6-5-19-14-22(32)16-23(33)15-19/h5-6,18,21-25,32-33H,3-4,7-17H2,1-2H3/b19-5-,20-6?/t18?,22-,23+,24-,25+,26-/m1/s1.